The lowest BCUT2D eigenvalue weighted by Gasteiger charge is -2.14. The third-order valence-electron chi connectivity index (χ3n) is 2.26. The summed E-state index contributed by atoms with van der Waals surface area (Å²) in [7, 11) is 0. The van der Waals surface area contributed by atoms with Gasteiger partial charge in [0, 0.05) is 12.4 Å². The fourth-order valence-corrected chi connectivity index (χ4v) is 1.32. The Morgan fingerprint density at radius 3 is 2.53 bits per heavy atom. The number of hydrogen-bond donors (Lipinski definition) is 5. The highest BCUT2D eigenvalue weighted by atomic mass is 16.3. The van der Waals surface area contributed by atoms with Crippen molar-refractivity contribution in [1.29, 1.82) is 0 Å². The SMILES string of the molecule is NNc1nc(NC(CO)CO)nc(-n2ccnc2)n1. The molecule has 6 N–H and O–H groups in total. The molecule has 2 heterocycles. The summed E-state index contributed by atoms with van der Waals surface area (Å²) in [6, 6.07) is -0.566. The van der Waals surface area contributed by atoms with Gasteiger partial charge in [0.1, 0.15) is 6.33 Å². The first-order chi connectivity index (χ1) is 9.26. The van der Waals surface area contributed by atoms with E-state index in [0.717, 1.165) is 0 Å². The Morgan fingerprint density at radius 1 is 1.21 bits per heavy atom. The average Bonchev–Trinajstić information content (AvgIpc) is 2.98. The average molecular weight is 266 g/mol. The summed E-state index contributed by atoms with van der Waals surface area (Å²) < 4.78 is 1.57. The first kappa shape index (κ1) is 13.1. The molecule has 102 valence electrons. The summed E-state index contributed by atoms with van der Waals surface area (Å²) in [5.41, 5.74) is 2.32. The van der Waals surface area contributed by atoms with E-state index in [1.165, 1.54) is 6.33 Å². The number of nitrogens with two attached hydrogens (primary N) is 1. The van der Waals surface area contributed by atoms with Crippen LogP contribution in [0.5, 0.6) is 0 Å². The summed E-state index contributed by atoms with van der Waals surface area (Å²) in [4.78, 5) is 16.0. The summed E-state index contributed by atoms with van der Waals surface area (Å²) in [5.74, 6) is 5.92. The molecule has 0 saturated carbocycles. The number of aromatic nitrogens is 5. The minimum atomic E-state index is -0.566. The van der Waals surface area contributed by atoms with E-state index in [4.69, 9.17) is 16.1 Å². The molecule has 2 aromatic rings. The number of aliphatic hydroxyl groups excluding tert-OH is 2. The van der Waals surface area contributed by atoms with Gasteiger partial charge in [0.2, 0.25) is 17.8 Å². The Bertz CT molecular complexity index is 513. The normalized spacial score (nSPS) is 10.7. The van der Waals surface area contributed by atoms with E-state index in [-0.39, 0.29) is 25.1 Å². The molecule has 0 amide bonds. The van der Waals surface area contributed by atoms with Crippen molar-refractivity contribution in [2.24, 2.45) is 5.84 Å². The number of aliphatic hydroxyl groups is 2. The molecular formula is C9H14N8O2. The van der Waals surface area contributed by atoms with Crippen LogP contribution < -0.4 is 16.6 Å². The molecule has 0 atom stereocenters. The van der Waals surface area contributed by atoms with Crippen LogP contribution in [0.25, 0.3) is 5.95 Å². The van der Waals surface area contributed by atoms with Crippen molar-refractivity contribution in [1.82, 2.24) is 24.5 Å². The van der Waals surface area contributed by atoms with Gasteiger partial charge in [0.15, 0.2) is 0 Å². The number of hydrazine groups is 1. The standard InChI is InChI=1S/C9H14N8O2/c10-16-8-13-7(12-6(3-18)4-19)14-9(15-8)17-2-1-11-5-17/h1-2,5-6,18-19H,3-4,10H2,(H2,12,13,14,15,16). The van der Waals surface area contributed by atoms with Gasteiger partial charge in [-0.25, -0.2) is 10.8 Å². The highest BCUT2D eigenvalue weighted by molar-refractivity contribution is 5.37. The van der Waals surface area contributed by atoms with Crippen LogP contribution >= 0.6 is 0 Å². The molecule has 0 bridgehead atoms. The summed E-state index contributed by atoms with van der Waals surface area (Å²) in [6.07, 6.45) is 4.76. The molecule has 2 rings (SSSR count). The molecule has 10 heteroatoms. The van der Waals surface area contributed by atoms with Gasteiger partial charge < -0.3 is 15.5 Å². The van der Waals surface area contributed by atoms with Crippen molar-refractivity contribution in [3.8, 4) is 5.95 Å². The molecule has 0 aliphatic heterocycles. The van der Waals surface area contributed by atoms with Crippen molar-refractivity contribution >= 4 is 11.9 Å². The van der Waals surface area contributed by atoms with Gasteiger partial charge in [0.25, 0.3) is 0 Å². The van der Waals surface area contributed by atoms with E-state index in [2.05, 4.69) is 30.7 Å². The van der Waals surface area contributed by atoms with Crippen LogP contribution in [-0.2, 0) is 0 Å². The summed E-state index contributed by atoms with van der Waals surface area (Å²) >= 11 is 0. The number of nitrogen functional groups attached to an aromatic ring is 1. The van der Waals surface area contributed by atoms with Crippen molar-refractivity contribution in [3.63, 3.8) is 0 Å². The lowest BCUT2D eigenvalue weighted by molar-refractivity contribution is 0.203. The molecule has 0 unspecified atom stereocenters. The Labute approximate surface area is 108 Å². The largest absolute Gasteiger partial charge is 0.394 e. The van der Waals surface area contributed by atoms with Crippen LogP contribution in [0.1, 0.15) is 0 Å². The third-order valence-corrected chi connectivity index (χ3v) is 2.26. The zero-order chi connectivity index (χ0) is 13.7. The van der Waals surface area contributed by atoms with Gasteiger partial charge in [0.05, 0.1) is 19.3 Å². The van der Waals surface area contributed by atoms with Gasteiger partial charge in [-0.3, -0.25) is 9.99 Å². The first-order valence-corrected chi connectivity index (χ1v) is 5.46. The van der Waals surface area contributed by atoms with Crippen molar-refractivity contribution in [2.75, 3.05) is 24.0 Å². The topological polar surface area (TPSA) is 147 Å². The molecule has 19 heavy (non-hydrogen) atoms. The van der Waals surface area contributed by atoms with E-state index in [1.807, 2.05) is 0 Å². The van der Waals surface area contributed by atoms with Gasteiger partial charge in [-0.15, -0.1) is 0 Å². The Balaban J connectivity index is 2.31. The minimum Gasteiger partial charge on any atom is -0.394 e. The number of anilines is 2. The first-order valence-electron chi connectivity index (χ1n) is 5.46. The Kier molecular flexibility index (Phi) is 4.18. The van der Waals surface area contributed by atoms with E-state index < -0.39 is 6.04 Å². The maximum atomic E-state index is 9.02. The second-order valence-electron chi connectivity index (χ2n) is 3.60. The Hall–Kier alpha value is -2.30. The highest BCUT2D eigenvalue weighted by Gasteiger charge is 2.11. The number of rotatable bonds is 6. The zero-order valence-corrected chi connectivity index (χ0v) is 9.93. The molecule has 2 aromatic heterocycles. The van der Waals surface area contributed by atoms with E-state index in [9.17, 15) is 0 Å². The quantitative estimate of drug-likeness (QED) is 0.299. The molecule has 0 aromatic carbocycles. The predicted octanol–water partition coefficient (Wildman–Crippen LogP) is -1.89. The van der Waals surface area contributed by atoms with Gasteiger partial charge in [-0.05, 0) is 0 Å². The van der Waals surface area contributed by atoms with Crippen LogP contribution in [-0.4, -0.2) is 54.0 Å². The zero-order valence-electron chi connectivity index (χ0n) is 9.93. The molecule has 0 radical (unpaired) electrons. The molecule has 0 aliphatic rings. The minimum absolute atomic E-state index is 0.149. The highest BCUT2D eigenvalue weighted by Crippen LogP contribution is 2.09. The van der Waals surface area contributed by atoms with Crippen LogP contribution in [0.2, 0.25) is 0 Å². The second-order valence-corrected chi connectivity index (χ2v) is 3.60. The van der Waals surface area contributed by atoms with Crippen LogP contribution in [0.15, 0.2) is 18.7 Å². The molecule has 0 aliphatic carbocycles. The maximum absolute atomic E-state index is 9.02. The second kappa shape index (κ2) is 6.04. The van der Waals surface area contributed by atoms with E-state index in [0.29, 0.717) is 5.95 Å². The summed E-state index contributed by atoms with van der Waals surface area (Å²) in [5, 5.41) is 20.8. The fourth-order valence-electron chi connectivity index (χ4n) is 1.32. The Morgan fingerprint density at radius 2 is 1.95 bits per heavy atom. The lowest BCUT2D eigenvalue weighted by atomic mass is 10.3. The maximum Gasteiger partial charge on any atom is 0.243 e. The fraction of sp³-hybridized carbons (Fsp3) is 0.333. The molecule has 0 saturated heterocycles. The number of nitrogens with one attached hydrogen (secondary N) is 2. The van der Waals surface area contributed by atoms with Crippen LogP contribution in [0, 0.1) is 0 Å². The van der Waals surface area contributed by atoms with Crippen molar-refractivity contribution < 1.29 is 10.2 Å². The third kappa shape index (κ3) is 3.13. The number of nitrogens with zero attached hydrogens (tertiary/aromatic N) is 5. The van der Waals surface area contributed by atoms with Crippen molar-refractivity contribution in [2.45, 2.75) is 6.04 Å². The summed E-state index contributed by atoms with van der Waals surface area (Å²) in [6.45, 7) is -0.512. The van der Waals surface area contributed by atoms with Crippen LogP contribution in [0.3, 0.4) is 0 Å². The van der Waals surface area contributed by atoms with Gasteiger partial charge in [-0.1, -0.05) is 0 Å². The smallest absolute Gasteiger partial charge is 0.243 e. The number of imidazole rings is 1. The monoisotopic (exact) mass is 266 g/mol. The predicted molar refractivity (Wildman–Crippen MR) is 66.3 cm³/mol. The van der Waals surface area contributed by atoms with Crippen LogP contribution in [0.4, 0.5) is 11.9 Å². The lowest BCUT2D eigenvalue weighted by Crippen LogP contribution is -2.29. The molecule has 0 fully saturated rings. The van der Waals surface area contributed by atoms with Crippen molar-refractivity contribution in [3.05, 3.63) is 18.7 Å². The molecular weight excluding hydrogens is 252 g/mol. The van der Waals surface area contributed by atoms with E-state index >= 15 is 0 Å². The van der Waals surface area contributed by atoms with Gasteiger partial charge in [-0.2, -0.15) is 15.0 Å². The molecule has 10 nitrogen and oxygen atoms in total. The molecule has 0 spiro atoms. The van der Waals surface area contributed by atoms with E-state index in [1.54, 1.807) is 17.0 Å². The number of hydrogen-bond acceptors (Lipinski definition) is 9. The van der Waals surface area contributed by atoms with Gasteiger partial charge >= 0.3 is 0 Å².